The molecular formula is C15H17NO2. The van der Waals surface area contributed by atoms with Crippen molar-refractivity contribution in [3.63, 3.8) is 0 Å². The molecular weight excluding hydrogens is 226 g/mol. The topological polar surface area (TPSA) is 61.1 Å². The van der Waals surface area contributed by atoms with E-state index < -0.39 is 11.4 Å². The van der Waals surface area contributed by atoms with Crippen LogP contribution in [0, 0.1) is 11.3 Å². The first-order valence-electron chi connectivity index (χ1n) is 6.30. The van der Waals surface area contributed by atoms with Gasteiger partial charge in [0.25, 0.3) is 0 Å². The van der Waals surface area contributed by atoms with Crippen LogP contribution in [0.2, 0.25) is 0 Å². The van der Waals surface area contributed by atoms with Crippen molar-refractivity contribution in [1.82, 2.24) is 0 Å². The highest BCUT2D eigenvalue weighted by atomic mass is 16.4. The molecule has 1 unspecified atom stereocenters. The van der Waals surface area contributed by atoms with E-state index in [9.17, 15) is 9.90 Å². The number of hydrogen-bond donors (Lipinski definition) is 1. The molecule has 0 aromatic heterocycles. The Labute approximate surface area is 107 Å². The zero-order valence-electron chi connectivity index (χ0n) is 10.6. The van der Waals surface area contributed by atoms with Gasteiger partial charge in [0, 0.05) is 0 Å². The lowest BCUT2D eigenvalue weighted by atomic mass is 9.77. The maximum Gasteiger partial charge on any atom is 0.314 e. The Morgan fingerprint density at radius 1 is 1.39 bits per heavy atom. The van der Waals surface area contributed by atoms with Crippen LogP contribution in [0.3, 0.4) is 0 Å². The monoisotopic (exact) mass is 243 g/mol. The highest BCUT2D eigenvalue weighted by molar-refractivity contribution is 5.81. The van der Waals surface area contributed by atoms with Gasteiger partial charge in [-0.2, -0.15) is 5.26 Å². The molecule has 1 aliphatic carbocycles. The van der Waals surface area contributed by atoms with Gasteiger partial charge in [0.1, 0.15) is 5.41 Å². The number of aryl methyl sites for hydroxylation is 2. The van der Waals surface area contributed by atoms with Crippen molar-refractivity contribution in [2.75, 3.05) is 0 Å². The zero-order chi connectivity index (χ0) is 13.2. The predicted molar refractivity (Wildman–Crippen MR) is 68.3 cm³/mol. The molecule has 0 bridgehead atoms. The summed E-state index contributed by atoms with van der Waals surface area (Å²) in [5.74, 6) is -0.931. The summed E-state index contributed by atoms with van der Waals surface area (Å²) < 4.78 is 0. The van der Waals surface area contributed by atoms with Crippen LogP contribution in [0.25, 0.3) is 0 Å². The minimum Gasteiger partial charge on any atom is -0.481 e. The summed E-state index contributed by atoms with van der Waals surface area (Å²) in [6, 6.07) is 7.87. The van der Waals surface area contributed by atoms with Crippen LogP contribution in [0.15, 0.2) is 18.2 Å². The third kappa shape index (κ3) is 2.11. The smallest absolute Gasteiger partial charge is 0.314 e. The number of carboxylic acids is 1. The summed E-state index contributed by atoms with van der Waals surface area (Å²) in [6.07, 6.45) is 4.48. The molecule has 0 radical (unpaired) electrons. The number of fused-ring (bicyclic) bond motifs is 1. The van der Waals surface area contributed by atoms with E-state index in [0.717, 1.165) is 18.4 Å². The molecule has 94 valence electrons. The molecule has 2 rings (SSSR count). The minimum absolute atomic E-state index is 0.00111. The van der Waals surface area contributed by atoms with Gasteiger partial charge in [-0.05, 0) is 49.3 Å². The van der Waals surface area contributed by atoms with Gasteiger partial charge < -0.3 is 5.11 Å². The summed E-state index contributed by atoms with van der Waals surface area (Å²) in [7, 11) is 0. The van der Waals surface area contributed by atoms with E-state index in [-0.39, 0.29) is 6.42 Å². The zero-order valence-corrected chi connectivity index (χ0v) is 10.6. The Balaban J connectivity index is 2.43. The Morgan fingerprint density at radius 3 is 2.67 bits per heavy atom. The second-order valence-electron chi connectivity index (χ2n) is 5.16. The van der Waals surface area contributed by atoms with Crippen LogP contribution in [-0.2, 0) is 23.1 Å². The van der Waals surface area contributed by atoms with Gasteiger partial charge in [-0.1, -0.05) is 18.2 Å². The third-order valence-corrected chi connectivity index (χ3v) is 3.89. The van der Waals surface area contributed by atoms with Crippen LogP contribution in [0.5, 0.6) is 0 Å². The van der Waals surface area contributed by atoms with Gasteiger partial charge in [-0.3, -0.25) is 4.79 Å². The molecule has 0 aliphatic heterocycles. The SMILES string of the molecule is CC(CC#N)(C(=O)O)c1ccc2c(c1)CCCC2. The highest BCUT2D eigenvalue weighted by Gasteiger charge is 2.35. The lowest BCUT2D eigenvalue weighted by Gasteiger charge is -2.25. The lowest BCUT2D eigenvalue weighted by Crippen LogP contribution is -2.32. The number of carbonyl (C=O) groups is 1. The molecule has 18 heavy (non-hydrogen) atoms. The Bertz CT molecular complexity index is 516. The highest BCUT2D eigenvalue weighted by Crippen LogP contribution is 2.31. The minimum atomic E-state index is -1.10. The largest absolute Gasteiger partial charge is 0.481 e. The molecule has 1 aliphatic rings. The van der Waals surface area contributed by atoms with Crippen molar-refractivity contribution in [2.24, 2.45) is 0 Å². The van der Waals surface area contributed by atoms with Gasteiger partial charge in [-0.25, -0.2) is 0 Å². The molecule has 0 saturated heterocycles. The van der Waals surface area contributed by atoms with E-state index in [1.807, 2.05) is 24.3 Å². The van der Waals surface area contributed by atoms with Crippen molar-refractivity contribution in [3.05, 3.63) is 34.9 Å². The number of rotatable bonds is 3. The van der Waals surface area contributed by atoms with E-state index in [1.54, 1.807) is 6.92 Å². The molecule has 0 heterocycles. The summed E-state index contributed by atoms with van der Waals surface area (Å²) in [6.45, 7) is 1.63. The fourth-order valence-corrected chi connectivity index (χ4v) is 2.54. The molecule has 1 atom stereocenters. The maximum absolute atomic E-state index is 11.4. The number of carboxylic acid groups (broad SMARTS) is 1. The van der Waals surface area contributed by atoms with E-state index in [1.165, 1.54) is 24.0 Å². The molecule has 0 amide bonds. The van der Waals surface area contributed by atoms with Gasteiger partial charge >= 0.3 is 5.97 Å². The first kappa shape index (κ1) is 12.6. The molecule has 1 aromatic rings. The van der Waals surface area contributed by atoms with E-state index >= 15 is 0 Å². The van der Waals surface area contributed by atoms with E-state index in [2.05, 4.69) is 0 Å². The van der Waals surface area contributed by atoms with Crippen molar-refractivity contribution in [2.45, 2.75) is 44.4 Å². The second kappa shape index (κ2) is 4.81. The first-order valence-corrected chi connectivity index (χ1v) is 6.30. The molecule has 1 aromatic carbocycles. The summed E-state index contributed by atoms with van der Waals surface area (Å²) >= 11 is 0. The number of aliphatic carboxylic acids is 1. The molecule has 0 fully saturated rings. The van der Waals surface area contributed by atoms with Crippen LogP contribution in [0.1, 0.15) is 42.9 Å². The van der Waals surface area contributed by atoms with E-state index in [4.69, 9.17) is 5.26 Å². The standard InChI is InChI=1S/C15H17NO2/c1-15(8-9-16,14(17)18)13-7-6-11-4-2-3-5-12(11)10-13/h6-7,10H,2-5,8H2,1H3,(H,17,18). The molecule has 1 N–H and O–H groups in total. The third-order valence-electron chi connectivity index (χ3n) is 3.89. The van der Waals surface area contributed by atoms with Crippen LogP contribution in [0.4, 0.5) is 0 Å². The fraction of sp³-hybridized carbons (Fsp3) is 0.467. The number of benzene rings is 1. The van der Waals surface area contributed by atoms with Crippen molar-refractivity contribution >= 4 is 5.97 Å². The van der Waals surface area contributed by atoms with Crippen LogP contribution in [-0.4, -0.2) is 11.1 Å². The van der Waals surface area contributed by atoms with Crippen LogP contribution < -0.4 is 0 Å². The van der Waals surface area contributed by atoms with Gasteiger partial charge in [0.15, 0.2) is 0 Å². The average Bonchev–Trinajstić information content (AvgIpc) is 2.38. The summed E-state index contributed by atoms with van der Waals surface area (Å²) in [5.41, 5.74) is 2.23. The molecule has 0 saturated carbocycles. The predicted octanol–water partition coefficient (Wildman–Crippen LogP) is 2.82. The Kier molecular flexibility index (Phi) is 3.38. The summed E-state index contributed by atoms with van der Waals surface area (Å²) in [4.78, 5) is 11.4. The average molecular weight is 243 g/mol. The Morgan fingerprint density at radius 2 is 2.06 bits per heavy atom. The van der Waals surface area contributed by atoms with Crippen LogP contribution >= 0.6 is 0 Å². The van der Waals surface area contributed by atoms with E-state index in [0.29, 0.717) is 0 Å². The van der Waals surface area contributed by atoms with Gasteiger partial charge in [-0.15, -0.1) is 0 Å². The maximum atomic E-state index is 11.4. The first-order chi connectivity index (χ1) is 8.58. The molecule has 3 heteroatoms. The summed E-state index contributed by atoms with van der Waals surface area (Å²) in [5, 5.41) is 18.2. The normalized spacial score (nSPS) is 17.3. The van der Waals surface area contributed by atoms with Gasteiger partial charge in [0.05, 0.1) is 12.5 Å². The van der Waals surface area contributed by atoms with Crippen molar-refractivity contribution < 1.29 is 9.90 Å². The number of nitrogens with zero attached hydrogens (tertiary/aromatic N) is 1. The van der Waals surface area contributed by atoms with Crippen molar-refractivity contribution in [1.29, 1.82) is 5.26 Å². The lowest BCUT2D eigenvalue weighted by molar-refractivity contribution is -0.143. The van der Waals surface area contributed by atoms with Gasteiger partial charge in [0.2, 0.25) is 0 Å². The molecule has 3 nitrogen and oxygen atoms in total. The quantitative estimate of drug-likeness (QED) is 0.888. The second-order valence-corrected chi connectivity index (χ2v) is 5.16. The Hall–Kier alpha value is -1.82. The fourth-order valence-electron chi connectivity index (χ4n) is 2.54. The molecule has 0 spiro atoms. The van der Waals surface area contributed by atoms with Crippen molar-refractivity contribution in [3.8, 4) is 6.07 Å². The number of hydrogen-bond acceptors (Lipinski definition) is 2. The number of nitriles is 1.